The number of nitrogens with two attached hydrogens (primary N) is 1. The molecule has 0 bridgehead atoms. The highest BCUT2D eigenvalue weighted by Gasteiger charge is 2.05. The van der Waals surface area contributed by atoms with E-state index in [1.165, 1.54) is 17.3 Å². The highest BCUT2D eigenvalue weighted by atomic mass is 14.6. The van der Waals surface area contributed by atoms with Gasteiger partial charge in [0.25, 0.3) is 0 Å². The first-order valence-corrected chi connectivity index (χ1v) is 3.94. The first kappa shape index (κ1) is 8.78. The molecular formula is C10H14N2. The zero-order valence-corrected chi connectivity index (χ0v) is 7.73. The third kappa shape index (κ3) is 1.20. The van der Waals surface area contributed by atoms with Crippen LogP contribution in [0.2, 0.25) is 0 Å². The molecule has 0 aromatic heterocycles. The van der Waals surface area contributed by atoms with E-state index in [2.05, 4.69) is 6.92 Å². The molecule has 0 heterocycles. The maximum absolute atomic E-state index is 7.19. The van der Waals surface area contributed by atoms with Crippen molar-refractivity contribution in [2.75, 3.05) is 5.73 Å². The summed E-state index contributed by atoms with van der Waals surface area (Å²) in [6, 6.07) is 1.92. The average molecular weight is 162 g/mol. The lowest BCUT2D eigenvalue weighted by molar-refractivity contribution is 1.26. The van der Waals surface area contributed by atoms with Crippen LogP contribution in [0.15, 0.2) is 6.07 Å². The molecule has 2 nitrogen and oxygen atoms in total. The molecule has 1 rings (SSSR count). The number of anilines is 1. The molecule has 0 atom stereocenters. The maximum Gasteiger partial charge on any atom is 0.0408 e. The largest absolute Gasteiger partial charge is 0.398 e. The van der Waals surface area contributed by atoms with E-state index in [1.807, 2.05) is 19.9 Å². The second kappa shape index (κ2) is 2.97. The first-order valence-electron chi connectivity index (χ1n) is 3.94. The minimum absolute atomic E-state index is 0.700. The van der Waals surface area contributed by atoms with Crippen molar-refractivity contribution < 1.29 is 0 Å². The number of hydrogen-bond acceptors (Lipinski definition) is 2. The van der Waals surface area contributed by atoms with Crippen molar-refractivity contribution in [3.63, 3.8) is 0 Å². The van der Waals surface area contributed by atoms with Gasteiger partial charge in [0.15, 0.2) is 0 Å². The Bertz CT molecular complexity index is 327. The normalized spacial score (nSPS) is 9.92. The molecule has 0 aliphatic rings. The molecule has 0 unspecified atom stereocenters. The van der Waals surface area contributed by atoms with E-state index >= 15 is 0 Å². The predicted octanol–water partition coefficient (Wildman–Crippen LogP) is 2.19. The lowest BCUT2D eigenvalue weighted by atomic mass is 9.98. The predicted molar refractivity (Wildman–Crippen MR) is 53.0 cm³/mol. The van der Waals surface area contributed by atoms with Crippen LogP contribution in [0.5, 0.6) is 0 Å². The van der Waals surface area contributed by atoms with Crippen LogP contribution in [0.3, 0.4) is 0 Å². The van der Waals surface area contributed by atoms with Gasteiger partial charge in [-0.2, -0.15) is 0 Å². The van der Waals surface area contributed by atoms with Gasteiger partial charge in [-0.1, -0.05) is 0 Å². The molecule has 3 N–H and O–H groups in total. The van der Waals surface area contributed by atoms with Crippen LogP contribution in [0, 0.1) is 26.2 Å². The van der Waals surface area contributed by atoms with Gasteiger partial charge in [-0.15, -0.1) is 0 Å². The van der Waals surface area contributed by atoms with E-state index in [0.717, 1.165) is 11.1 Å². The summed E-state index contributed by atoms with van der Waals surface area (Å²) >= 11 is 0. The minimum Gasteiger partial charge on any atom is -0.398 e. The molecule has 0 aliphatic heterocycles. The van der Waals surface area contributed by atoms with Crippen molar-refractivity contribution in [2.45, 2.75) is 20.8 Å². The van der Waals surface area contributed by atoms with E-state index in [-0.39, 0.29) is 0 Å². The average Bonchev–Trinajstić information content (AvgIpc) is 2.01. The molecule has 0 radical (unpaired) electrons. The molecule has 0 spiro atoms. The molecular weight excluding hydrogens is 148 g/mol. The maximum atomic E-state index is 7.19. The van der Waals surface area contributed by atoms with Gasteiger partial charge in [0, 0.05) is 17.5 Å². The highest BCUT2D eigenvalue weighted by Crippen LogP contribution is 2.21. The number of aryl methyl sites for hydroxylation is 1. The first-order chi connectivity index (χ1) is 5.57. The van der Waals surface area contributed by atoms with Gasteiger partial charge in [0.2, 0.25) is 0 Å². The van der Waals surface area contributed by atoms with E-state index in [0.29, 0.717) is 5.69 Å². The molecule has 1 aromatic rings. The second-order valence-corrected chi connectivity index (χ2v) is 3.09. The Kier molecular flexibility index (Phi) is 2.18. The van der Waals surface area contributed by atoms with E-state index in [1.54, 1.807) is 0 Å². The third-order valence-electron chi connectivity index (χ3n) is 2.39. The Morgan fingerprint density at radius 2 is 1.83 bits per heavy atom. The van der Waals surface area contributed by atoms with Crippen LogP contribution in [0.1, 0.15) is 22.3 Å². The van der Waals surface area contributed by atoms with E-state index in [9.17, 15) is 0 Å². The summed E-state index contributed by atoms with van der Waals surface area (Å²) in [5, 5.41) is 7.19. The number of nitrogen functional groups attached to an aromatic ring is 1. The number of nitrogens with one attached hydrogen (secondary N) is 1. The fourth-order valence-corrected chi connectivity index (χ4v) is 1.33. The van der Waals surface area contributed by atoms with Crippen LogP contribution in [0.4, 0.5) is 5.69 Å². The van der Waals surface area contributed by atoms with Crippen molar-refractivity contribution in [1.29, 1.82) is 5.41 Å². The lowest BCUT2D eigenvalue weighted by Crippen LogP contribution is -2.00. The number of benzene rings is 1. The molecule has 0 aliphatic carbocycles. The SMILES string of the molecule is Cc1cc(N)c(C=N)c(C)c1C. The van der Waals surface area contributed by atoms with Crippen molar-refractivity contribution in [3.8, 4) is 0 Å². The van der Waals surface area contributed by atoms with Gasteiger partial charge in [0.05, 0.1) is 0 Å². The van der Waals surface area contributed by atoms with Crippen LogP contribution >= 0.6 is 0 Å². The summed E-state index contributed by atoms with van der Waals surface area (Å²) in [7, 11) is 0. The van der Waals surface area contributed by atoms with Crippen LogP contribution < -0.4 is 5.73 Å². The summed E-state index contributed by atoms with van der Waals surface area (Å²) in [5.41, 5.74) is 10.8. The van der Waals surface area contributed by atoms with Crippen LogP contribution in [-0.2, 0) is 0 Å². The van der Waals surface area contributed by atoms with Crippen molar-refractivity contribution >= 4 is 11.9 Å². The summed E-state index contributed by atoms with van der Waals surface area (Å²) in [5.74, 6) is 0. The molecule has 0 fully saturated rings. The summed E-state index contributed by atoms with van der Waals surface area (Å²) in [6.07, 6.45) is 1.32. The van der Waals surface area contributed by atoms with Crippen LogP contribution in [0.25, 0.3) is 0 Å². The monoisotopic (exact) mass is 162 g/mol. The zero-order valence-electron chi connectivity index (χ0n) is 7.73. The Morgan fingerprint density at radius 1 is 1.25 bits per heavy atom. The topological polar surface area (TPSA) is 49.9 Å². The zero-order chi connectivity index (χ0) is 9.30. The minimum atomic E-state index is 0.700. The molecule has 2 heteroatoms. The van der Waals surface area contributed by atoms with Gasteiger partial charge in [0.1, 0.15) is 0 Å². The van der Waals surface area contributed by atoms with E-state index < -0.39 is 0 Å². The summed E-state index contributed by atoms with van der Waals surface area (Å²) < 4.78 is 0. The Balaban J connectivity index is 3.51. The quantitative estimate of drug-likeness (QED) is 0.482. The second-order valence-electron chi connectivity index (χ2n) is 3.09. The molecule has 0 amide bonds. The fourth-order valence-electron chi connectivity index (χ4n) is 1.33. The summed E-state index contributed by atoms with van der Waals surface area (Å²) in [6.45, 7) is 6.09. The third-order valence-corrected chi connectivity index (χ3v) is 2.39. The van der Waals surface area contributed by atoms with Crippen molar-refractivity contribution in [2.24, 2.45) is 0 Å². The molecule has 64 valence electrons. The molecule has 12 heavy (non-hydrogen) atoms. The van der Waals surface area contributed by atoms with Gasteiger partial charge in [-0.05, 0) is 43.5 Å². The van der Waals surface area contributed by atoms with Crippen molar-refractivity contribution in [3.05, 3.63) is 28.3 Å². The standard InChI is InChI=1S/C10H14N2/c1-6-4-10(12)9(5-11)8(3)7(6)2/h4-5,11H,12H2,1-3H3. The van der Waals surface area contributed by atoms with Crippen LogP contribution in [-0.4, -0.2) is 6.21 Å². The lowest BCUT2D eigenvalue weighted by Gasteiger charge is -2.10. The smallest absolute Gasteiger partial charge is 0.0408 e. The molecule has 0 saturated carbocycles. The highest BCUT2D eigenvalue weighted by molar-refractivity contribution is 5.87. The Morgan fingerprint density at radius 3 is 2.33 bits per heavy atom. The van der Waals surface area contributed by atoms with Gasteiger partial charge >= 0.3 is 0 Å². The molecule has 1 aromatic carbocycles. The van der Waals surface area contributed by atoms with Gasteiger partial charge < -0.3 is 11.1 Å². The van der Waals surface area contributed by atoms with Crippen molar-refractivity contribution in [1.82, 2.24) is 0 Å². The Labute approximate surface area is 72.9 Å². The summed E-state index contributed by atoms with van der Waals surface area (Å²) in [4.78, 5) is 0. The number of hydrogen-bond donors (Lipinski definition) is 2. The molecule has 0 saturated heterocycles. The Hall–Kier alpha value is -1.31. The number of rotatable bonds is 1. The van der Waals surface area contributed by atoms with E-state index in [4.69, 9.17) is 11.1 Å². The van der Waals surface area contributed by atoms with Gasteiger partial charge in [-0.3, -0.25) is 0 Å². The van der Waals surface area contributed by atoms with Gasteiger partial charge in [-0.25, -0.2) is 0 Å². The fraction of sp³-hybridized carbons (Fsp3) is 0.300.